The molecule has 0 bridgehead atoms. The topological polar surface area (TPSA) is 24.3 Å². The summed E-state index contributed by atoms with van der Waals surface area (Å²) >= 11 is 0.455. The Balaban J connectivity index is -0.000000204. The highest BCUT2D eigenvalue weighted by Crippen LogP contribution is 2.57. The van der Waals surface area contributed by atoms with Crippen LogP contribution < -0.4 is 0 Å². The van der Waals surface area contributed by atoms with Gasteiger partial charge in [0, 0.05) is 39.5 Å². The first kappa shape index (κ1) is 55.9. The van der Waals surface area contributed by atoms with Crippen LogP contribution in [-0.4, -0.2) is 111 Å². The molecular formula is C24H38F19IN4. The van der Waals surface area contributed by atoms with Crippen molar-refractivity contribution in [3.63, 3.8) is 0 Å². The molecule has 1 aliphatic heterocycles. The highest BCUT2D eigenvalue weighted by molar-refractivity contribution is 14.1. The van der Waals surface area contributed by atoms with E-state index in [1.807, 2.05) is 17.8 Å². The maximum atomic E-state index is 13.4. The minimum absolute atomic E-state index is 0. The third kappa shape index (κ3) is 11.5. The highest BCUT2D eigenvalue weighted by Gasteiger charge is 2.87. The fraction of sp³-hybridized carbons (Fsp3) is 0.875. The van der Waals surface area contributed by atoms with Crippen molar-refractivity contribution < 1.29 is 83.4 Å². The Morgan fingerprint density at radius 1 is 0.604 bits per heavy atom. The molecule has 0 radical (unpaired) electrons. The third-order valence-electron chi connectivity index (χ3n) is 5.48. The Kier molecular flexibility index (Phi) is 21.1. The quantitative estimate of drug-likeness (QED) is 0.140. The molecule has 294 valence electrons. The number of hydrogen-bond donors (Lipinski definition) is 0. The minimum atomic E-state index is -7.29. The molecule has 2 heterocycles. The number of imidazole rings is 1. The average molecular weight is 870 g/mol. The van der Waals surface area contributed by atoms with Crippen LogP contribution in [0.25, 0.3) is 0 Å². The molecule has 0 aromatic carbocycles. The van der Waals surface area contributed by atoms with E-state index in [0.717, 1.165) is 4.90 Å². The molecule has 1 aromatic heterocycles. The zero-order valence-electron chi connectivity index (χ0n) is 22.1. The molecule has 48 heavy (non-hydrogen) atoms. The summed E-state index contributed by atoms with van der Waals surface area (Å²) in [5.74, 6) is -50.0. The molecule has 4 nitrogen and oxygen atoms in total. The first-order chi connectivity index (χ1) is 19.2. The van der Waals surface area contributed by atoms with E-state index in [1.54, 1.807) is 12.5 Å². The monoisotopic (exact) mass is 870 g/mol. The normalized spacial score (nSPS) is 15.7. The molecule has 0 unspecified atom stereocenters. The van der Waals surface area contributed by atoms with Crippen LogP contribution in [-0.2, 0) is 7.05 Å². The molecule has 1 fully saturated rings. The van der Waals surface area contributed by atoms with Crippen LogP contribution in [0.4, 0.5) is 83.4 Å². The predicted molar refractivity (Wildman–Crippen MR) is 149 cm³/mol. The predicted octanol–water partition coefficient (Wildman–Crippen LogP) is 10.2. The van der Waals surface area contributed by atoms with E-state index in [0.29, 0.717) is 29.1 Å². The molecular weight excluding hydrogens is 832 g/mol. The summed E-state index contributed by atoms with van der Waals surface area (Å²) in [4.78, 5) is 6.09. The molecule has 0 spiro atoms. The fourth-order valence-corrected chi connectivity index (χ4v) is 3.30. The maximum absolute atomic E-state index is 13.4. The second kappa shape index (κ2) is 18.1. The lowest BCUT2D eigenvalue weighted by molar-refractivity contribution is -0.419. The Labute approximate surface area is 279 Å². The summed E-state index contributed by atoms with van der Waals surface area (Å²) in [6.07, 6.45) is -1.71. The van der Waals surface area contributed by atoms with Crippen LogP contribution >= 0.6 is 22.6 Å². The van der Waals surface area contributed by atoms with Gasteiger partial charge in [0.05, 0.1) is 24.0 Å². The number of hydrogen-bond acceptors (Lipinski definition) is 3. The van der Waals surface area contributed by atoms with Gasteiger partial charge < -0.3 is 4.57 Å². The van der Waals surface area contributed by atoms with E-state index >= 15 is 0 Å². The molecule has 0 aliphatic carbocycles. The standard InChI is InChI=1S/C10H14F8N2.C6H2F11I.C4H6N2.4CH4/c1-7(11,12)9(15,16)10(17,18)8(13,14)5-20-4-3-19(2)6-20;7-2(8,1-18)3(9,10)4(11,12)5(13,14)6(15,16)17;1-6-3-2-5-4-6;;;;/h3-6H2,1-2H3;1H2;2-4H,1H3;4*1H4. The summed E-state index contributed by atoms with van der Waals surface area (Å²) in [6.45, 7) is -2.09. The number of nitrogens with zero attached hydrogens (tertiary/aromatic N) is 4. The van der Waals surface area contributed by atoms with Gasteiger partial charge in [0.25, 0.3) is 0 Å². The number of aryl methyl sites for hydroxylation is 1. The molecule has 0 atom stereocenters. The van der Waals surface area contributed by atoms with Gasteiger partial charge in [-0.2, -0.15) is 83.4 Å². The van der Waals surface area contributed by atoms with E-state index < -0.39 is 71.5 Å². The number of aromatic nitrogens is 2. The Bertz CT molecular complexity index is 1030. The van der Waals surface area contributed by atoms with Crippen LogP contribution in [0, 0.1) is 0 Å². The van der Waals surface area contributed by atoms with Crippen molar-refractivity contribution in [1.29, 1.82) is 0 Å². The van der Waals surface area contributed by atoms with Crippen LogP contribution in [0.2, 0.25) is 0 Å². The fourth-order valence-electron chi connectivity index (χ4n) is 2.82. The first-order valence-electron chi connectivity index (χ1n) is 11.2. The van der Waals surface area contributed by atoms with Crippen molar-refractivity contribution in [2.45, 2.75) is 90.2 Å². The van der Waals surface area contributed by atoms with Crippen LogP contribution in [0.3, 0.4) is 0 Å². The third-order valence-corrected chi connectivity index (χ3v) is 6.43. The van der Waals surface area contributed by atoms with Gasteiger partial charge in [-0.25, -0.2) is 4.98 Å². The lowest BCUT2D eigenvalue weighted by Crippen LogP contribution is -2.66. The van der Waals surface area contributed by atoms with E-state index in [-0.39, 0.29) is 42.9 Å². The van der Waals surface area contributed by atoms with Crippen molar-refractivity contribution in [3.05, 3.63) is 18.7 Å². The van der Waals surface area contributed by atoms with Gasteiger partial charge in [0.1, 0.15) is 0 Å². The largest absolute Gasteiger partial charge is 0.460 e. The van der Waals surface area contributed by atoms with Gasteiger partial charge in [0.2, 0.25) is 0 Å². The molecule has 1 aromatic rings. The lowest BCUT2D eigenvalue weighted by Gasteiger charge is -2.36. The number of likely N-dealkylation sites (N-methyl/N-ethyl adjacent to an activating group) is 1. The van der Waals surface area contributed by atoms with Gasteiger partial charge in [-0.3, -0.25) is 9.80 Å². The molecule has 1 aliphatic rings. The zero-order chi connectivity index (χ0) is 35.6. The van der Waals surface area contributed by atoms with Crippen molar-refractivity contribution >= 4 is 22.6 Å². The van der Waals surface area contributed by atoms with E-state index in [2.05, 4.69) is 4.98 Å². The number of alkyl halides is 20. The smallest absolute Gasteiger partial charge is 0.341 e. The second-order valence-corrected chi connectivity index (χ2v) is 10.1. The molecule has 0 amide bonds. The molecule has 1 saturated heterocycles. The van der Waals surface area contributed by atoms with E-state index in [9.17, 15) is 83.4 Å². The summed E-state index contributed by atoms with van der Waals surface area (Å²) < 4.78 is 238. The first-order valence-corrected chi connectivity index (χ1v) is 12.7. The Morgan fingerprint density at radius 3 is 1.27 bits per heavy atom. The second-order valence-electron chi connectivity index (χ2n) is 9.30. The molecule has 0 N–H and O–H groups in total. The zero-order valence-corrected chi connectivity index (χ0v) is 24.3. The molecule has 0 saturated carbocycles. The van der Waals surface area contributed by atoms with Gasteiger partial charge in [0.15, 0.2) is 0 Å². The van der Waals surface area contributed by atoms with Crippen LogP contribution in [0.15, 0.2) is 18.7 Å². The van der Waals surface area contributed by atoms with Crippen molar-refractivity contribution in [2.75, 3.05) is 37.8 Å². The van der Waals surface area contributed by atoms with Crippen molar-refractivity contribution in [1.82, 2.24) is 19.4 Å². The van der Waals surface area contributed by atoms with Gasteiger partial charge >= 0.3 is 53.6 Å². The average Bonchev–Trinajstić information content (AvgIpc) is 3.47. The van der Waals surface area contributed by atoms with Gasteiger partial charge in [-0.1, -0.05) is 52.3 Å². The van der Waals surface area contributed by atoms with Gasteiger partial charge in [-0.05, 0) is 7.05 Å². The summed E-state index contributed by atoms with van der Waals surface area (Å²) in [5, 5.41) is 0. The summed E-state index contributed by atoms with van der Waals surface area (Å²) in [7, 11) is 3.46. The number of halogens is 20. The van der Waals surface area contributed by atoms with Crippen molar-refractivity contribution in [2.24, 2.45) is 7.05 Å². The van der Waals surface area contributed by atoms with Crippen molar-refractivity contribution in [3.8, 4) is 0 Å². The summed E-state index contributed by atoms with van der Waals surface area (Å²) in [6, 6.07) is 0. The van der Waals surface area contributed by atoms with E-state index in [1.165, 1.54) is 11.9 Å². The Morgan fingerprint density at radius 2 is 1.02 bits per heavy atom. The highest BCUT2D eigenvalue weighted by atomic mass is 127. The van der Waals surface area contributed by atoms with Crippen LogP contribution in [0.1, 0.15) is 36.6 Å². The minimum Gasteiger partial charge on any atom is -0.341 e. The van der Waals surface area contributed by atoms with Crippen LogP contribution in [0.5, 0.6) is 0 Å². The maximum Gasteiger partial charge on any atom is 0.460 e. The lowest BCUT2D eigenvalue weighted by atomic mass is 9.99. The molecule has 2 rings (SSSR count). The Hall–Kier alpha value is -1.47. The number of rotatable bonds is 9. The SMILES string of the molecule is C.C.C.C.CN1CCN(CC(F)(F)C(F)(F)C(F)(F)C(C)(F)F)C1.Cn1ccnc1.FC(F)(F)C(F)(F)C(F)(F)C(F)(F)C(F)(F)CI. The van der Waals surface area contributed by atoms with E-state index in [4.69, 9.17) is 0 Å². The van der Waals surface area contributed by atoms with Gasteiger partial charge in [-0.15, -0.1) is 0 Å². The summed E-state index contributed by atoms with van der Waals surface area (Å²) in [5.41, 5.74) is 0. The molecule has 24 heteroatoms.